The molecular formula is C10H8Cl2S2. The number of hydrogen-bond acceptors (Lipinski definition) is 2. The van der Waals surface area contributed by atoms with Crippen LogP contribution in [0, 0.1) is 0 Å². The Morgan fingerprint density at radius 2 is 1.21 bits per heavy atom. The highest BCUT2D eigenvalue weighted by Gasteiger charge is 2.10. The highest BCUT2D eigenvalue weighted by Crippen LogP contribution is 2.34. The van der Waals surface area contributed by atoms with Gasteiger partial charge in [-0.15, -0.1) is 23.2 Å². The van der Waals surface area contributed by atoms with Gasteiger partial charge < -0.3 is 0 Å². The second-order valence-corrected chi connectivity index (χ2v) is 4.91. The number of thiophene rings is 2. The molecule has 0 aliphatic rings. The van der Waals surface area contributed by atoms with E-state index >= 15 is 0 Å². The van der Waals surface area contributed by atoms with Gasteiger partial charge in [0.2, 0.25) is 0 Å². The molecule has 14 heavy (non-hydrogen) atoms. The molecular weight excluding hydrogens is 255 g/mol. The van der Waals surface area contributed by atoms with E-state index in [-0.39, 0.29) is 0 Å². The first-order valence-electron chi connectivity index (χ1n) is 4.09. The van der Waals surface area contributed by atoms with E-state index in [0.29, 0.717) is 11.8 Å². The summed E-state index contributed by atoms with van der Waals surface area (Å²) in [4.78, 5) is 0. The van der Waals surface area contributed by atoms with Crippen LogP contribution >= 0.6 is 45.9 Å². The number of halogens is 2. The van der Waals surface area contributed by atoms with Gasteiger partial charge in [0.15, 0.2) is 0 Å². The van der Waals surface area contributed by atoms with Gasteiger partial charge in [-0.05, 0) is 43.8 Å². The molecule has 0 bridgehead atoms. The molecule has 2 rings (SSSR count). The quantitative estimate of drug-likeness (QED) is 0.687. The Labute approximate surface area is 101 Å². The molecule has 0 N–H and O–H groups in total. The molecule has 2 aromatic heterocycles. The maximum absolute atomic E-state index is 5.86. The van der Waals surface area contributed by atoms with Crippen LogP contribution in [0.15, 0.2) is 21.5 Å². The van der Waals surface area contributed by atoms with Gasteiger partial charge in [-0.1, -0.05) is 0 Å². The van der Waals surface area contributed by atoms with Crippen molar-refractivity contribution in [2.75, 3.05) is 0 Å². The number of rotatable bonds is 3. The molecule has 4 heteroatoms. The van der Waals surface area contributed by atoms with Gasteiger partial charge in [-0.25, -0.2) is 0 Å². The van der Waals surface area contributed by atoms with Gasteiger partial charge in [0.25, 0.3) is 0 Å². The standard InChI is InChI=1S/C10H8Cl2S2/c11-1-7-3-13-5-9(7)10-6-14-4-8(10)2-12/h3-6H,1-2H2. The summed E-state index contributed by atoms with van der Waals surface area (Å²) >= 11 is 15.1. The van der Waals surface area contributed by atoms with Crippen molar-refractivity contribution >= 4 is 45.9 Å². The van der Waals surface area contributed by atoms with Crippen molar-refractivity contribution in [1.29, 1.82) is 0 Å². The van der Waals surface area contributed by atoms with Gasteiger partial charge in [-0.3, -0.25) is 0 Å². The zero-order valence-corrected chi connectivity index (χ0v) is 10.4. The van der Waals surface area contributed by atoms with Gasteiger partial charge in [0.05, 0.1) is 0 Å². The van der Waals surface area contributed by atoms with E-state index in [1.165, 1.54) is 22.3 Å². The van der Waals surface area contributed by atoms with Crippen LogP contribution in [0.1, 0.15) is 11.1 Å². The van der Waals surface area contributed by atoms with Crippen LogP contribution in [0.5, 0.6) is 0 Å². The third-order valence-electron chi connectivity index (χ3n) is 2.06. The van der Waals surface area contributed by atoms with Crippen LogP contribution < -0.4 is 0 Å². The Morgan fingerprint density at radius 1 is 0.786 bits per heavy atom. The van der Waals surface area contributed by atoms with E-state index in [1.54, 1.807) is 22.7 Å². The average molecular weight is 263 g/mol. The maximum atomic E-state index is 5.86. The molecule has 74 valence electrons. The predicted molar refractivity (Wildman–Crippen MR) is 66.7 cm³/mol. The summed E-state index contributed by atoms with van der Waals surface area (Å²) < 4.78 is 0. The van der Waals surface area contributed by atoms with Crippen molar-refractivity contribution in [2.24, 2.45) is 0 Å². The summed E-state index contributed by atoms with van der Waals surface area (Å²) in [6.45, 7) is 0. The fourth-order valence-corrected chi connectivity index (χ4v) is 3.67. The monoisotopic (exact) mass is 262 g/mol. The molecule has 0 atom stereocenters. The molecule has 0 aromatic carbocycles. The highest BCUT2D eigenvalue weighted by atomic mass is 35.5. The zero-order chi connectivity index (χ0) is 9.97. The number of hydrogen-bond donors (Lipinski definition) is 0. The molecule has 2 heterocycles. The molecule has 0 aliphatic heterocycles. The SMILES string of the molecule is ClCc1cscc1-c1cscc1CCl. The zero-order valence-electron chi connectivity index (χ0n) is 7.30. The Morgan fingerprint density at radius 3 is 1.57 bits per heavy atom. The molecule has 0 saturated heterocycles. The minimum atomic E-state index is 0.566. The molecule has 0 spiro atoms. The summed E-state index contributed by atoms with van der Waals surface area (Å²) in [5, 5.41) is 8.46. The lowest BCUT2D eigenvalue weighted by atomic mass is 10.1. The van der Waals surface area contributed by atoms with E-state index in [0.717, 1.165) is 0 Å². The Bertz CT molecular complexity index is 377. The first kappa shape index (κ1) is 10.5. The van der Waals surface area contributed by atoms with Crippen LogP contribution in [0.25, 0.3) is 11.1 Å². The van der Waals surface area contributed by atoms with Gasteiger partial charge in [0, 0.05) is 11.8 Å². The van der Waals surface area contributed by atoms with Crippen molar-refractivity contribution in [3.05, 3.63) is 32.6 Å². The lowest BCUT2D eigenvalue weighted by molar-refractivity contribution is 1.41. The molecule has 0 fully saturated rings. The fraction of sp³-hybridized carbons (Fsp3) is 0.200. The van der Waals surface area contributed by atoms with E-state index in [2.05, 4.69) is 21.5 Å². The van der Waals surface area contributed by atoms with Crippen LogP contribution in [0.4, 0.5) is 0 Å². The molecule has 0 amide bonds. The molecule has 2 aromatic rings. The Hall–Kier alpha value is -0.0200. The molecule has 0 radical (unpaired) electrons. The predicted octanol–water partition coefficient (Wildman–Crippen LogP) is 4.95. The average Bonchev–Trinajstić information content (AvgIpc) is 2.85. The fourth-order valence-electron chi connectivity index (χ4n) is 1.33. The van der Waals surface area contributed by atoms with Crippen LogP contribution in [0.3, 0.4) is 0 Å². The van der Waals surface area contributed by atoms with Crippen molar-refractivity contribution in [2.45, 2.75) is 11.8 Å². The van der Waals surface area contributed by atoms with Crippen LogP contribution in [-0.4, -0.2) is 0 Å². The topological polar surface area (TPSA) is 0 Å². The Kier molecular flexibility index (Phi) is 3.50. The lowest BCUT2D eigenvalue weighted by Crippen LogP contribution is -1.82. The van der Waals surface area contributed by atoms with E-state index in [1.807, 2.05) is 0 Å². The summed E-state index contributed by atoms with van der Waals surface area (Å²) in [7, 11) is 0. The minimum absolute atomic E-state index is 0.566. The summed E-state index contributed by atoms with van der Waals surface area (Å²) in [6.07, 6.45) is 0. The summed E-state index contributed by atoms with van der Waals surface area (Å²) in [5.41, 5.74) is 4.87. The third-order valence-corrected chi connectivity index (χ3v) is 4.22. The van der Waals surface area contributed by atoms with Crippen LogP contribution in [0.2, 0.25) is 0 Å². The molecule has 0 unspecified atom stereocenters. The normalized spacial score (nSPS) is 10.7. The van der Waals surface area contributed by atoms with Gasteiger partial charge >= 0.3 is 0 Å². The molecule has 0 aliphatic carbocycles. The lowest BCUT2D eigenvalue weighted by Gasteiger charge is -2.00. The van der Waals surface area contributed by atoms with Gasteiger partial charge in [0.1, 0.15) is 0 Å². The van der Waals surface area contributed by atoms with E-state index < -0.39 is 0 Å². The first-order valence-corrected chi connectivity index (χ1v) is 7.04. The Balaban J connectivity index is 2.48. The molecule has 0 nitrogen and oxygen atoms in total. The van der Waals surface area contributed by atoms with Crippen molar-refractivity contribution < 1.29 is 0 Å². The largest absolute Gasteiger partial charge is 0.151 e. The van der Waals surface area contributed by atoms with E-state index in [4.69, 9.17) is 23.2 Å². The van der Waals surface area contributed by atoms with Crippen molar-refractivity contribution in [1.82, 2.24) is 0 Å². The second kappa shape index (κ2) is 4.67. The van der Waals surface area contributed by atoms with Crippen molar-refractivity contribution in [3.8, 4) is 11.1 Å². The van der Waals surface area contributed by atoms with Crippen molar-refractivity contribution in [3.63, 3.8) is 0 Å². The number of alkyl halides is 2. The first-order chi connectivity index (χ1) is 6.86. The summed E-state index contributed by atoms with van der Waals surface area (Å²) in [6, 6.07) is 0. The maximum Gasteiger partial charge on any atom is 0.0488 e. The third kappa shape index (κ3) is 1.84. The van der Waals surface area contributed by atoms with Crippen LogP contribution in [-0.2, 0) is 11.8 Å². The summed E-state index contributed by atoms with van der Waals surface area (Å²) in [5.74, 6) is 1.13. The molecule has 0 saturated carbocycles. The van der Waals surface area contributed by atoms with E-state index in [9.17, 15) is 0 Å². The highest BCUT2D eigenvalue weighted by molar-refractivity contribution is 7.09. The minimum Gasteiger partial charge on any atom is -0.151 e. The second-order valence-electron chi connectivity index (χ2n) is 2.89. The van der Waals surface area contributed by atoms with Gasteiger partial charge in [-0.2, -0.15) is 22.7 Å². The smallest absolute Gasteiger partial charge is 0.0488 e.